The lowest BCUT2D eigenvalue weighted by molar-refractivity contribution is -0.137. The van der Waals surface area contributed by atoms with Gasteiger partial charge in [0.15, 0.2) is 4.34 Å². The maximum absolute atomic E-state index is 12.9. The van der Waals surface area contributed by atoms with Crippen LogP contribution in [0.5, 0.6) is 0 Å². The summed E-state index contributed by atoms with van der Waals surface area (Å²) in [6.45, 7) is 0. The Morgan fingerprint density at radius 2 is 1.88 bits per heavy atom. The van der Waals surface area contributed by atoms with Gasteiger partial charge in [-0.1, -0.05) is 18.2 Å². The van der Waals surface area contributed by atoms with E-state index in [1.807, 2.05) is 24.3 Å². The van der Waals surface area contributed by atoms with Crippen LogP contribution in [0.2, 0.25) is 0 Å². The summed E-state index contributed by atoms with van der Waals surface area (Å²) in [6.07, 6.45) is -4.43. The van der Waals surface area contributed by atoms with Crippen molar-refractivity contribution >= 4 is 33.3 Å². The second-order valence-corrected chi connectivity index (χ2v) is 7.22. The van der Waals surface area contributed by atoms with Gasteiger partial charge in [0.25, 0.3) is 0 Å². The summed E-state index contributed by atoms with van der Waals surface area (Å²) in [6, 6.07) is 12.5. The molecule has 0 fully saturated rings. The van der Waals surface area contributed by atoms with E-state index < -0.39 is 11.7 Å². The lowest BCUT2D eigenvalue weighted by Gasteiger charge is -2.08. The average Bonchev–Trinajstić information content (AvgIpc) is 3.20. The van der Waals surface area contributed by atoms with Gasteiger partial charge in [-0.15, -0.1) is 16.4 Å². The van der Waals surface area contributed by atoms with Gasteiger partial charge >= 0.3 is 6.18 Å². The zero-order valence-corrected chi connectivity index (χ0v) is 13.9. The van der Waals surface area contributed by atoms with Crippen molar-refractivity contribution < 1.29 is 13.2 Å². The van der Waals surface area contributed by atoms with Crippen molar-refractivity contribution in [3.05, 3.63) is 54.1 Å². The van der Waals surface area contributed by atoms with Gasteiger partial charge in [-0.25, -0.2) is 4.98 Å². The molecular weight excluding hydrogens is 371 g/mol. The summed E-state index contributed by atoms with van der Waals surface area (Å²) < 4.78 is 41.7. The number of tetrazole rings is 1. The highest BCUT2D eigenvalue weighted by Crippen LogP contribution is 2.35. The van der Waals surface area contributed by atoms with Gasteiger partial charge in [-0.05, 0) is 52.5 Å². The van der Waals surface area contributed by atoms with Crippen LogP contribution < -0.4 is 0 Å². The van der Waals surface area contributed by atoms with Crippen LogP contribution in [0.25, 0.3) is 15.9 Å². The van der Waals surface area contributed by atoms with Gasteiger partial charge < -0.3 is 0 Å². The molecule has 0 spiro atoms. The molecule has 0 bridgehead atoms. The van der Waals surface area contributed by atoms with Crippen molar-refractivity contribution in [2.45, 2.75) is 15.7 Å². The van der Waals surface area contributed by atoms with Crippen LogP contribution in [0, 0.1) is 0 Å². The number of nitrogens with zero attached hydrogens (tertiary/aromatic N) is 5. The number of benzene rings is 2. The number of fused-ring (bicyclic) bond motifs is 1. The fourth-order valence-corrected chi connectivity index (χ4v) is 4.15. The standard InChI is InChI=1S/C15H8F3N5S2/c16-15(17,18)9-4-3-5-10(8-9)23-13(20-21-22-23)25-14-19-11-6-1-2-7-12(11)24-14/h1-8H. The fourth-order valence-electron chi connectivity index (χ4n) is 2.19. The maximum Gasteiger partial charge on any atom is 0.416 e. The molecule has 0 N–H and O–H groups in total. The molecule has 5 nitrogen and oxygen atoms in total. The Labute approximate surface area is 147 Å². The second-order valence-electron chi connectivity index (χ2n) is 4.97. The van der Waals surface area contributed by atoms with E-state index in [1.54, 1.807) is 0 Å². The van der Waals surface area contributed by atoms with E-state index in [1.165, 1.54) is 39.9 Å². The zero-order chi connectivity index (χ0) is 17.4. The second kappa shape index (κ2) is 6.12. The number of thiazole rings is 1. The van der Waals surface area contributed by atoms with E-state index in [0.29, 0.717) is 9.50 Å². The minimum Gasteiger partial charge on any atom is -0.229 e. The van der Waals surface area contributed by atoms with Crippen molar-refractivity contribution in [2.75, 3.05) is 0 Å². The summed E-state index contributed by atoms with van der Waals surface area (Å²) >= 11 is 2.68. The number of halogens is 3. The molecule has 0 radical (unpaired) electrons. The largest absolute Gasteiger partial charge is 0.416 e. The summed E-state index contributed by atoms with van der Waals surface area (Å²) in [5, 5.41) is 11.6. The smallest absolute Gasteiger partial charge is 0.229 e. The highest BCUT2D eigenvalue weighted by Gasteiger charge is 2.30. The molecule has 126 valence electrons. The van der Waals surface area contributed by atoms with Crippen molar-refractivity contribution in [2.24, 2.45) is 0 Å². The van der Waals surface area contributed by atoms with Gasteiger partial charge in [-0.3, -0.25) is 0 Å². The van der Waals surface area contributed by atoms with Crippen LogP contribution in [-0.2, 0) is 6.18 Å². The Kier molecular flexibility index (Phi) is 3.92. The Hall–Kier alpha value is -2.46. The van der Waals surface area contributed by atoms with Crippen LogP contribution in [0.4, 0.5) is 13.2 Å². The molecule has 0 aliphatic carbocycles. The zero-order valence-electron chi connectivity index (χ0n) is 12.3. The van der Waals surface area contributed by atoms with Crippen molar-refractivity contribution in [3.63, 3.8) is 0 Å². The number of hydrogen-bond donors (Lipinski definition) is 0. The van der Waals surface area contributed by atoms with Crippen molar-refractivity contribution in [1.82, 2.24) is 25.2 Å². The van der Waals surface area contributed by atoms with Crippen LogP contribution >= 0.6 is 23.1 Å². The van der Waals surface area contributed by atoms with Gasteiger partial charge in [0, 0.05) is 0 Å². The Morgan fingerprint density at radius 1 is 1.04 bits per heavy atom. The van der Waals surface area contributed by atoms with Crippen LogP contribution in [0.15, 0.2) is 58.0 Å². The van der Waals surface area contributed by atoms with Gasteiger partial charge in [-0.2, -0.15) is 17.9 Å². The van der Waals surface area contributed by atoms with Crippen LogP contribution in [0.3, 0.4) is 0 Å². The molecule has 0 amide bonds. The number of aromatic nitrogens is 5. The topological polar surface area (TPSA) is 56.5 Å². The van der Waals surface area contributed by atoms with Crippen molar-refractivity contribution in [3.8, 4) is 5.69 Å². The number of alkyl halides is 3. The molecule has 4 rings (SSSR count). The molecule has 0 aliphatic heterocycles. The minimum atomic E-state index is -4.43. The molecular formula is C15H8F3N5S2. The SMILES string of the molecule is FC(F)(F)c1cccc(-n2nnnc2Sc2nc3ccccc3s2)c1. The first-order valence-electron chi connectivity index (χ1n) is 7.00. The lowest BCUT2D eigenvalue weighted by atomic mass is 10.2. The molecule has 25 heavy (non-hydrogen) atoms. The molecule has 2 aromatic carbocycles. The van der Waals surface area contributed by atoms with E-state index in [9.17, 15) is 13.2 Å². The Bertz CT molecular complexity index is 1010. The molecule has 2 heterocycles. The molecule has 0 saturated heterocycles. The third-order valence-electron chi connectivity index (χ3n) is 3.31. The third kappa shape index (κ3) is 3.22. The monoisotopic (exact) mass is 379 g/mol. The number of hydrogen-bond acceptors (Lipinski definition) is 6. The van der Waals surface area contributed by atoms with E-state index in [0.717, 1.165) is 22.3 Å². The molecule has 10 heteroatoms. The highest BCUT2D eigenvalue weighted by atomic mass is 32.2. The molecule has 0 saturated carbocycles. The molecule has 0 aliphatic rings. The summed E-state index contributed by atoms with van der Waals surface area (Å²) in [7, 11) is 0. The van der Waals surface area contributed by atoms with Crippen LogP contribution in [-0.4, -0.2) is 25.2 Å². The predicted molar refractivity (Wildman–Crippen MR) is 87.9 cm³/mol. The van der Waals surface area contributed by atoms with Gasteiger partial charge in [0.2, 0.25) is 5.16 Å². The summed E-state index contributed by atoms with van der Waals surface area (Å²) in [5.74, 6) is 0. The normalized spacial score (nSPS) is 12.0. The van der Waals surface area contributed by atoms with Gasteiger partial charge in [0.1, 0.15) is 0 Å². The van der Waals surface area contributed by atoms with E-state index in [4.69, 9.17) is 0 Å². The number of rotatable bonds is 3. The van der Waals surface area contributed by atoms with Crippen LogP contribution in [0.1, 0.15) is 5.56 Å². The van der Waals surface area contributed by atoms with E-state index >= 15 is 0 Å². The lowest BCUT2D eigenvalue weighted by Crippen LogP contribution is -2.07. The first kappa shape index (κ1) is 16.0. The maximum atomic E-state index is 12.9. The molecule has 0 unspecified atom stereocenters. The molecule has 2 aromatic heterocycles. The molecule has 0 atom stereocenters. The fraction of sp³-hybridized carbons (Fsp3) is 0.0667. The number of para-hydroxylation sites is 1. The average molecular weight is 379 g/mol. The first-order valence-corrected chi connectivity index (χ1v) is 8.63. The summed E-state index contributed by atoms with van der Waals surface area (Å²) in [5.41, 5.74) is 0.341. The summed E-state index contributed by atoms with van der Waals surface area (Å²) in [4.78, 5) is 4.47. The predicted octanol–water partition coefficient (Wildman–Crippen LogP) is 4.44. The van der Waals surface area contributed by atoms with E-state index in [-0.39, 0.29) is 5.69 Å². The third-order valence-corrected chi connectivity index (χ3v) is 5.35. The Morgan fingerprint density at radius 3 is 2.68 bits per heavy atom. The molecule has 4 aromatic rings. The Balaban J connectivity index is 1.69. The highest BCUT2D eigenvalue weighted by molar-refractivity contribution is 8.01. The van der Waals surface area contributed by atoms with Gasteiger partial charge in [0.05, 0.1) is 21.5 Å². The van der Waals surface area contributed by atoms with Crippen molar-refractivity contribution in [1.29, 1.82) is 0 Å². The minimum absolute atomic E-state index is 0.239. The van der Waals surface area contributed by atoms with E-state index in [2.05, 4.69) is 20.5 Å². The quantitative estimate of drug-likeness (QED) is 0.527. The first-order chi connectivity index (χ1) is 12.0.